The summed E-state index contributed by atoms with van der Waals surface area (Å²) >= 11 is 0. The van der Waals surface area contributed by atoms with Crippen LogP contribution in [0.25, 0.3) is 0 Å². The number of ketones is 1. The monoisotopic (exact) mass is 455 g/mol. The van der Waals surface area contributed by atoms with E-state index in [0.29, 0.717) is 23.1 Å². The molecule has 3 fully saturated rings. The molecule has 0 radical (unpaired) electrons. The SMILES string of the molecule is Cc1ccc(C)c(C(=O)COC(=O)c2ccc(N3C(=O)C4C5C=CC(C6CC56)C4C3=O)cc2)c1. The maximum absolute atomic E-state index is 13.2. The van der Waals surface area contributed by atoms with Crippen molar-refractivity contribution < 1.29 is 23.9 Å². The highest BCUT2D eigenvalue weighted by molar-refractivity contribution is 6.22. The van der Waals surface area contributed by atoms with Crippen molar-refractivity contribution in [2.45, 2.75) is 20.3 Å². The van der Waals surface area contributed by atoms with Crippen LogP contribution in [0.2, 0.25) is 0 Å². The first kappa shape index (κ1) is 21.0. The summed E-state index contributed by atoms with van der Waals surface area (Å²) in [7, 11) is 0. The minimum atomic E-state index is -0.625. The highest BCUT2D eigenvalue weighted by atomic mass is 16.5. The lowest BCUT2D eigenvalue weighted by molar-refractivity contribution is -0.124. The zero-order valence-electron chi connectivity index (χ0n) is 19.1. The van der Waals surface area contributed by atoms with Gasteiger partial charge in [-0.25, -0.2) is 4.79 Å². The van der Waals surface area contributed by atoms with Crippen LogP contribution in [0.3, 0.4) is 0 Å². The van der Waals surface area contributed by atoms with Gasteiger partial charge in [0.25, 0.3) is 0 Å². The Hall–Kier alpha value is -3.54. The van der Waals surface area contributed by atoms with Crippen molar-refractivity contribution in [1.29, 1.82) is 0 Å². The number of aryl methyl sites for hydroxylation is 2. The molecule has 0 N–H and O–H groups in total. The number of anilines is 1. The third-order valence-electron chi connectivity index (χ3n) is 8.05. The molecular weight excluding hydrogens is 430 g/mol. The van der Waals surface area contributed by atoms with Crippen LogP contribution in [-0.2, 0) is 14.3 Å². The summed E-state index contributed by atoms with van der Waals surface area (Å²) in [5.74, 6) is -0.214. The van der Waals surface area contributed by atoms with E-state index in [1.807, 2.05) is 26.0 Å². The summed E-state index contributed by atoms with van der Waals surface area (Å²) in [6.45, 7) is 3.39. The predicted octanol–water partition coefficient (Wildman–Crippen LogP) is 3.90. The Morgan fingerprint density at radius 3 is 2.15 bits per heavy atom. The van der Waals surface area contributed by atoms with Crippen molar-refractivity contribution in [2.75, 3.05) is 11.5 Å². The molecule has 2 aromatic rings. The molecule has 34 heavy (non-hydrogen) atoms. The van der Waals surface area contributed by atoms with Crippen molar-refractivity contribution in [3.05, 3.63) is 76.9 Å². The summed E-state index contributed by atoms with van der Waals surface area (Å²) in [6.07, 6.45) is 5.42. The van der Waals surface area contributed by atoms with Crippen LogP contribution in [0.15, 0.2) is 54.6 Å². The summed E-state index contributed by atoms with van der Waals surface area (Å²) < 4.78 is 5.23. The van der Waals surface area contributed by atoms with Gasteiger partial charge in [-0.2, -0.15) is 0 Å². The molecular formula is C28H25NO5. The predicted molar refractivity (Wildman–Crippen MR) is 124 cm³/mol. The van der Waals surface area contributed by atoms with E-state index >= 15 is 0 Å². The molecule has 0 spiro atoms. The van der Waals surface area contributed by atoms with Crippen molar-refractivity contribution in [2.24, 2.45) is 35.5 Å². The number of carbonyl (C=O) groups is 4. The number of imide groups is 1. The number of amides is 2. The number of nitrogens with zero attached hydrogens (tertiary/aromatic N) is 1. The fraction of sp³-hybridized carbons (Fsp3) is 0.357. The lowest BCUT2D eigenvalue weighted by Gasteiger charge is -2.37. The number of hydrogen-bond acceptors (Lipinski definition) is 5. The summed E-state index contributed by atoms with van der Waals surface area (Å²) in [5.41, 5.74) is 3.06. The standard InChI is InChI=1S/C28H25NO5/c1-14-3-4-15(2)20(11-14)23(30)13-34-28(33)16-5-7-17(8-6-16)29-26(31)24-18-9-10-19(22-12-21(18)22)25(24)27(29)32/h3-11,18-19,21-22,24-25H,12-13H2,1-2H3. The molecule has 2 aromatic carbocycles. The number of Topliss-reactive ketones (excluding diaryl/α,β-unsaturated/α-hetero) is 1. The Bertz CT molecular complexity index is 1240. The number of carbonyl (C=O) groups excluding carboxylic acids is 4. The van der Waals surface area contributed by atoms with Gasteiger partial charge in [0.1, 0.15) is 0 Å². The number of rotatable bonds is 5. The highest BCUT2D eigenvalue weighted by Gasteiger charge is 2.67. The van der Waals surface area contributed by atoms with E-state index in [4.69, 9.17) is 4.74 Å². The molecule has 6 heteroatoms. The topological polar surface area (TPSA) is 80.8 Å². The third kappa shape index (κ3) is 3.08. The van der Waals surface area contributed by atoms with Crippen LogP contribution in [-0.4, -0.2) is 30.2 Å². The lowest BCUT2D eigenvalue weighted by atomic mass is 9.63. The van der Waals surface area contributed by atoms with Gasteiger partial charge in [-0.1, -0.05) is 29.8 Å². The van der Waals surface area contributed by atoms with Crippen LogP contribution in [0.4, 0.5) is 5.69 Å². The number of benzene rings is 2. The van der Waals surface area contributed by atoms with Gasteiger partial charge in [0.2, 0.25) is 17.6 Å². The van der Waals surface area contributed by atoms with Crippen LogP contribution in [0.5, 0.6) is 0 Å². The number of ether oxygens (including phenoxy) is 1. The average Bonchev–Trinajstić information content (AvgIpc) is 3.62. The second-order valence-electron chi connectivity index (χ2n) is 10.0. The second kappa shape index (κ2) is 7.49. The van der Waals surface area contributed by atoms with Gasteiger partial charge in [-0.3, -0.25) is 19.3 Å². The molecule has 0 aromatic heterocycles. The van der Waals surface area contributed by atoms with Crippen LogP contribution in [0, 0.1) is 49.4 Å². The zero-order chi connectivity index (χ0) is 23.7. The largest absolute Gasteiger partial charge is 0.454 e. The van der Waals surface area contributed by atoms with Crippen molar-refractivity contribution in [3.8, 4) is 0 Å². The molecule has 4 aliphatic carbocycles. The minimum Gasteiger partial charge on any atom is -0.454 e. The van der Waals surface area contributed by atoms with Gasteiger partial charge in [0.05, 0.1) is 23.1 Å². The van der Waals surface area contributed by atoms with Crippen molar-refractivity contribution in [3.63, 3.8) is 0 Å². The quantitative estimate of drug-likeness (QED) is 0.296. The summed E-state index contributed by atoms with van der Waals surface area (Å²) in [5, 5.41) is 0. The molecule has 6 nitrogen and oxygen atoms in total. The number of esters is 1. The molecule has 7 rings (SSSR count). The number of hydrogen-bond donors (Lipinski definition) is 0. The minimum absolute atomic E-state index is 0.130. The van der Waals surface area contributed by atoms with E-state index in [0.717, 1.165) is 17.5 Å². The Kier molecular flexibility index (Phi) is 4.63. The van der Waals surface area contributed by atoms with Gasteiger partial charge < -0.3 is 4.74 Å². The van der Waals surface area contributed by atoms with Crippen LogP contribution in [0.1, 0.15) is 38.3 Å². The normalized spacial score (nSPS) is 30.2. The number of allylic oxidation sites excluding steroid dienone is 2. The molecule has 1 aliphatic heterocycles. The molecule has 6 atom stereocenters. The molecule has 2 amide bonds. The molecule has 1 saturated heterocycles. The lowest BCUT2D eigenvalue weighted by Crippen LogP contribution is -2.40. The average molecular weight is 456 g/mol. The highest BCUT2D eigenvalue weighted by Crippen LogP contribution is 2.65. The molecule has 5 aliphatic rings. The van der Waals surface area contributed by atoms with Crippen LogP contribution >= 0.6 is 0 Å². The first-order valence-electron chi connectivity index (χ1n) is 11.8. The molecule has 6 unspecified atom stereocenters. The smallest absolute Gasteiger partial charge is 0.338 e. The van der Waals surface area contributed by atoms with E-state index in [2.05, 4.69) is 12.2 Å². The maximum Gasteiger partial charge on any atom is 0.338 e. The Balaban J connectivity index is 1.14. The van der Waals surface area contributed by atoms with Gasteiger partial charge in [-0.05, 0) is 79.8 Å². The third-order valence-corrected chi connectivity index (χ3v) is 8.05. The second-order valence-corrected chi connectivity index (χ2v) is 10.0. The summed E-state index contributed by atoms with van der Waals surface area (Å²) in [6, 6.07) is 11.9. The van der Waals surface area contributed by atoms with Gasteiger partial charge >= 0.3 is 5.97 Å². The van der Waals surface area contributed by atoms with Gasteiger partial charge in [-0.15, -0.1) is 0 Å². The molecule has 2 saturated carbocycles. The Morgan fingerprint density at radius 1 is 0.912 bits per heavy atom. The van der Waals surface area contributed by atoms with Gasteiger partial charge in [0.15, 0.2) is 6.61 Å². The van der Waals surface area contributed by atoms with E-state index < -0.39 is 5.97 Å². The van der Waals surface area contributed by atoms with E-state index in [1.54, 1.807) is 18.2 Å². The van der Waals surface area contributed by atoms with Crippen molar-refractivity contribution >= 4 is 29.3 Å². The van der Waals surface area contributed by atoms with Gasteiger partial charge in [0, 0.05) is 5.56 Å². The fourth-order valence-corrected chi connectivity index (χ4v) is 6.29. The first-order chi connectivity index (χ1) is 16.3. The molecule has 2 bridgehead atoms. The Morgan fingerprint density at radius 2 is 1.53 bits per heavy atom. The Labute approximate surface area is 197 Å². The first-order valence-corrected chi connectivity index (χ1v) is 11.8. The summed E-state index contributed by atoms with van der Waals surface area (Å²) in [4.78, 5) is 52.8. The fourth-order valence-electron chi connectivity index (χ4n) is 6.29. The van der Waals surface area contributed by atoms with Crippen LogP contribution < -0.4 is 4.90 Å². The van der Waals surface area contributed by atoms with E-state index in [9.17, 15) is 19.2 Å². The van der Waals surface area contributed by atoms with E-state index in [1.165, 1.54) is 17.0 Å². The molecule has 172 valence electrons. The van der Waals surface area contributed by atoms with E-state index in [-0.39, 0.29) is 53.4 Å². The zero-order valence-corrected chi connectivity index (χ0v) is 19.1. The van der Waals surface area contributed by atoms with Crippen molar-refractivity contribution in [1.82, 2.24) is 0 Å². The molecule has 1 heterocycles. The maximum atomic E-state index is 13.2.